The van der Waals surface area contributed by atoms with Crippen molar-refractivity contribution in [2.45, 2.75) is 19.6 Å². The Hall–Kier alpha value is -3.37. The summed E-state index contributed by atoms with van der Waals surface area (Å²) in [6.45, 7) is 2.15. The van der Waals surface area contributed by atoms with E-state index in [0.29, 0.717) is 13.2 Å². The maximum Gasteiger partial charge on any atom is 0.118 e. The smallest absolute Gasteiger partial charge is 0.118 e. The lowest BCUT2D eigenvalue weighted by molar-refractivity contribution is 0.115. The highest BCUT2D eigenvalue weighted by atomic mass is 16.5. The van der Waals surface area contributed by atoms with Gasteiger partial charge in [-0.3, -0.25) is 0 Å². The molecule has 1 aromatic heterocycles. The third-order valence-corrected chi connectivity index (χ3v) is 5.05. The van der Waals surface area contributed by atoms with Gasteiger partial charge in [0.2, 0.25) is 0 Å². The van der Waals surface area contributed by atoms with Gasteiger partial charge in [0.1, 0.15) is 5.75 Å². The standard InChI is InChI=1S/C26H26N2O2/c1-29-24-15-13-21(14-16-24)19-30-18-8-17-28-20-27-25(22-9-4-2-5-10-22)26(28)23-11-6-3-7-12-23/h2-7,9-16,20H,8,17-19H2,1H3. The van der Waals surface area contributed by atoms with Gasteiger partial charge in [-0.05, 0) is 24.1 Å². The first kappa shape index (κ1) is 19.9. The molecule has 4 heteroatoms. The molecule has 0 saturated carbocycles. The second-order valence-corrected chi connectivity index (χ2v) is 7.12. The first-order valence-electron chi connectivity index (χ1n) is 10.2. The van der Waals surface area contributed by atoms with Gasteiger partial charge in [0.15, 0.2) is 0 Å². The SMILES string of the molecule is COc1ccc(COCCCn2cnc(-c3ccccc3)c2-c2ccccc2)cc1. The Morgan fingerprint density at radius 2 is 1.47 bits per heavy atom. The van der Waals surface area contributed by atoms with Crippen molar-refractivity contribution < 1.29 is 9.47 Å². The van der Waals surface area contributed by atoms with Crippen molar-refractivity contribution in [3.8, 4) is 28.3 Å². The van der Waals surface area contributed by atoms with Crippen LogP contribution in [0.1, 0.15) is 12.0 Å². The number of benzene rings is 3. The number of ether oxygens (including phenoxy) is 2. The summed E-state index contributed by atoms with van der Waals surface area (Å²) in [7, 11) is 1.68. The van der Waals surface area contributed by atoms with Gasteiger partial charge >= 0.3 is 0 Å². The Labute approximate surface area is 177 Å². The van der Waals surface area contributed by atoms with Crippen molar-refractivity contribution in [1.29, 1.82) is 0 Å². The van der Waals surface area contributed by atoms with E-state index >= 15 is 0 Å². The van der Waals surface area contributed by atoms with E-state index in [1.54, 1.807) is 7.11 Å². The van der Waals surface area contributed by atoms with E-state index < -0.39 is 0 Å². The number of hydrogen-bond donors (Lipinski definition) is 0. The van der Waals surface area contributed by atoms with Crippen LogP contribution in [0.5, 0.6) is 5.75 Å². The molecule has 0 aliphatic rings. The highest BCUT2D eigenvalue weighted by molar-refractivity contribution is 5.78. The van der Waals surface area contributed by atoms with Crippen molar-refractivity contribution in [1.82, 2.24) is 9.55 Å². The molecule has 4 aromatic rings. The van der Waals surface area contributed by atoms with Crippen LogP contribution in [0.4, 0.5) is 0 Å². The molecule has 0 atom stereocenters. The zero-order valence-electron chi connectivity index (χ0n) is 17.2. The van der Waals surface area contributed by atoms with Crippen molar-refractivity contribution >= 4 is 0 Å². The zero-order chi connectivity index (χ0) is 20.6. The molecule has 0 aliphatic heterocycles. The fourth-order valence-electron chi connectivity index (χ4n) is 3.51. The summed E-state index contributed by atoms with van der Waals surface area (Å²) in [5.41, 5.74) is 5.62. The minimum atomic E-state index is 0.606. The average molecular weight is 399 g/mol. The van der Waals surface area contributed by atoms with Gasteiger partial charge in [0.05, 0.1) is 31.4 Å². The molecule has 0 aliphatic carbocycles. The molecule has 0 N–H and O–H groups in total. The molecule has 0 unspecified atom stereocenters. The van der Waals surface area contributed by atoms with E-state index in [0.717, 1.165) is 41.2 Å². The minimum absolute atomic E-state index is 0.606. The molecular formula is C26H26N2O2. The highest BCUT2D eigenvalue weighted by Gasteiger charge is 2.14. The maximum absolute atomic E-state index is 5.88. The van der Waals surface area contributed by atoms with Gasteiger partial charge in [0, 0.05) is 24.3 Å². The molecule has 0 bridgehead atoms. The first-order chi connectivity index (χ1) is 14.8. The van der Waals surface area contributed by atoms with Crippen LogP contribution in [0.15, 0.2) is 91.3 Å². The third kappa shape index (κ3) is 4.78. The molecule has 0 radical (unpaired) electrons. The Morgan fingerprint density at radius 3 is 2.13 bits per heavy atom. The van der Waals surface area contributed by atoms with E-state index in [4.69, 9.17) is 14.5 Å². The van der Waals surface area contributed by atoms with Crippen LogP contribution < -0.4 is 4.74 Å². The van der Waals surface area contributed by atoms with E-state index in [-0.39, 0.29) is 0 Å². The number of aromatic nitrogens is 2. The molecule has 4 nitrogen and oxygen atoms in total. The van der Waals surface area contributed by atoms with Gasteiger partial charge < -0.3 is 14.0 Å². The summed E-state index contributed by atoms with van der Waals surface area (Å²) in [5.74, 6) is 0.863. The van der Waals surface area contributed by atoms with Crippen LogP contribution >= 0.6 is 0 Å². The summed E-state index contributed by atoms with van der Waals surface area (Å²) in [6, 6.07) is 28.8. The van der Waals surface area contributed by atoms with Crippen molar-refractivity contribution in [3.05, 3.63) is 96.8 Å². The van der Waals surface area contributed by atoms with E-state index in [1.165, 1.54) is 5.56 Å². The normalized spacial score (nSPS) is 10.8. The molecule has 0 amide bonds. The predicted molar refractivity (Wildman–Crippen MR) is 120 cm³/mol. The maximum atomic E-state index is 5.88. The number of hydrogen-bond acceptors (Lipinski definition) is 3. The predicted octanol–water partition coefficient (Wildman–Crippen LogP) is 5.83. The number of aryl methyl sites for hydroxylation is 1. The third-order valence-electron chi connectivity index (χ3n) is 5.05. The first-order valence-corrected chi connectivity index (χ1v) is 10.2. The van der Waals surface area contributed by atoms with Gasteiger partial charge in [-0.1, -0.05) is 72.8 Å². The molecule has 0 spiro atoms. The quantitative estimate of drug-likeness (QED) is 0.333. The average Bonchev–Trinajstić information content (AvgIpc) is 3.24. The molecule has 1 heterocycles. The van der Waals surface area contributed by atoms with Gasteiger partial charge in [-0.25, -0.2) is 4.98 Å². The molecule has 0 saturated heterocycles. The molecule has 30 heavy (non-hydrogen) atoms. The van der Waals surface area contributed by atoms with Crippen LogP contribution in [-0.4, -0.2) is 23.3 Å². The zero-order valence-corrected chi connectivity index (χ0v) is 17.2. The van der Waals surface area contributed by atoms with Crippen molar-refractivity contribution in [3.63, 3.8) is 0 Å². The summed E-state index contributed by atoms with van der Waals surface area (Å²) in [6.07, 6.45) is 2.86. The number of imidazole rings is 1. The minimum Gasteiger partial charge on any atom is -0.497 e. The molecule has 3 aromatic carbocycles. The lowest BCUT2D eigenvalue weighted by atomic mass is 10.0. The molecular weight excluding hydrogens is 372 g/mol. The van der Waals surface area contributed by atoms with Crippen LogP contribution in [-0.2, 0) is 17.9 Å². The van der Waals surface area contributed by atoms with Crippen molar-refractivity contribution in [2.75, 3.05) is 13.7 Å². The summed E-state index contributed by atoms with van der Waals surface area (Å²) in [5, 5.41) is 0. The fourth-order valence-corrected chi connectivity index (χ4v) is 3.51. The molecule has 4 rings (SSSR count). The van der Waals surface area contributed by atoms with E-state index in [2.05, 4.69) is 53.1 Å². The lowest BCUT2D eigenvalue weighted by Gasteiger charge is -2.11. The summed E-state index contributed by atoms with van der Waals surface area (Å²) >= 11 is 0. The Kier molecular flexibility index (Phi) is 6.58. The van der Waals surface area contributed by atoms with Crippen molar-refractivity contribution in [2.24, 2.45) is 0 Å². The van der Waals surface area contributed by atoms with Gasteiger partial charge in [0.25, 0.3) is 0 Å². The lowest BCUT2D eigenvalue weighted by Crippen LogP contribution is -2.04. The monoisotopic (exact) mass is 398 g/mol. The highest BCUT2D eigenvalue weighted by Crippen LogP contribution is 2.31. The van der Waals surface area contributed by atoms with Gasteiger partial charge in [-0.15, -0.1) is 0 Å². The summed E-state index contributed by atoms with van der Waals surface area (Å²) < 4.78 is 13.3. The second-order valence-electron chi connectivity index (χ2n) is 7.12. The van der Waals surface area contributed by atoms with Crippen LogP contribution in [0.3, 0.4) is 0 Å². The van der Waals surface area contributed by atoms with Crippen LogP contribution in [0.25, 0.3) is 22.5 Å². The number of nitrogens with zero attached hydrogens (tertiary/aromatic N) is 2. The molecule has 152 valence electrons. The van der Waals surface area contributed by atoms with Crippen LogP contribution in [0, 0.1) is 0 Å². The van der Waals surface area contributed by atoms with Crippen LogP contribution in [0.2, 0.25) is 0 Å². The topological polar surface area (TPSA) is 36.3 Å². The largest absolute Gasteiger partial charge is 0.497 e. The Bertz CT molecular complexity index is 1040. The van der Waals surface area contributed by atoms with Gasteiger partial charge in [-0.2, -0.15) is 0 Å². The number of methoxy groups -OCH3 is 1. The fraction of sp³-hybridized carbons (Fsp3) is 0.192. The second kappa shape index (κ2) is 9.90. The number of rotatable bonds is 9. The van der Waals surface area contributed by atoms with E-state index in [9.17, 15) is 0 Å². The Balaban J connectivity index is 1.42. The molecule has 0 fully saturated rings. The van der Waals surface area contributed by atoms with E-state index in [1.807, 2.05) is 42.7 Å². The summed E-state index contributed by atoms with van der Waals surface area (Å²) in [4.78, 5) is 4.74. The Morgan fingerprint density at radius 1 is 0.800 bits per heavy atom.